The van der Waals surface area contributed by atoms with Crippen molar-refractivity contribution in [3.8, 4) is 11.1 Å². The van der Waals surface area contributed by atoms with Crippen molar-refractivity contribution in [2.45, 2.75) is 62.4 Å². The Kier molecular flexibility index (Phi) is 10.8. The van der Waals surface area contributed by atoms with Gasteiger partial charge in [-0.3, -0.25) is 0 Å². The van der Waals surface area contributed by atoms with Crippen LogP contribution >= 0.6 is 48.0 Å². The molecule has 0 spiro atoms. The van der Waals surface area contributed by atoms with Gasteiger partial charge < -0.3 is 0 Å². The van der Waals surface area contributed by atoms with E-state index in [1.165, 1.54) is 47.7 Å². The Morgan fingerprint density at radius 1 is 0.659 bits per heavy atom. The molecule has 228 valence electrons. The van der Waals surface area contributed by atoms with Crippen LogP contribution in [0.1, 0.15) is 85.0 Å². The van der Waals surface area contributed by atoms with E-state index >= 15 is 0 Å². The normalized spacial score (nSPS) is 13.9. The van der Waals surface area contributed by atoms with Crippen LogP contribution in [0.3, 0.4) is 0 Å². The number of hydrogen-bond acceptors (Lipinski definition) is 0. The van der Waals surface area contributed by atoms with Gasteiger partial charge >= 0.3 is 271 Å². The topological polar surface area (TPSA) is 0 Å². The predicted octanol–water partition coefficient (Wildman–Crippen LogP) is 12.2. The van der Waals surface area contributed by atoms with E-state index in [1.54, 1.807) is 3.28 Å². The second-order valence-electron chi connectivity index (χ2n) is 13.7. The van der Waals surface area contributed by atoms with E-state index in [0.717, 1.165) is 16.5 Å². The van der Waals surface area contributed by atoms with Crippen molar-refractivity contribution in [3.63, 3.8) is 0 Å². The second-order valence-corrected chi connectivity index (χ2v) is 20.8. The largest absolute Gasteiger partial charge is 0.147 e. The Bertz CT molecular complexity index is 1690. The fourth-order valence-electron chi connectivity index (χ4n) is 6.40. The van der Waals surface area contributed by atoms with Crippen molar-refractivity contribution >= 4 is 51.2 Å². The molecule has 0 saturated heterocycles. The number of benzene rings is 4. The van der Waals surface area contributed by atoms with Gasteiger partial charge in [0.15, 0.2) is 0 Å². The van der Waals surface area contributed by atoms with Crippen LogP contribution in [0, 0.1) is 0 Å². The van der Waals surface area contributed by atoms with Crippen LogP contribution < -0.4 is 0 Å². The summed E-state index contributed by atoms with van der Waals surface area (Å²) in [6.45, 7) is 13.9. The van der Waals surface area contributed by atoms with Crippen molar-refractivity contribution in [3.05, 3.63) is 150 Å². The summed E-state index contributed by atoms with van der Waals surface area (Å²) >= 11 is 10.6. The van der Waals surface area contributed by atoms with E-state index in [9.17, 15) is 0 Å². The molecule has 0 N–H and O–H groups in total. The van der Waals surface area contributed by atoms with Gasteiger partial charge in [0.05, 0.1) is 0 Å². The average Bonchev–Trinajstić information content (AvgIpc) is 3.57. The third kappa shape index (κ3) is 6.84. The molecule has 6 rings (SSSR count). The van der Waals surface area contributed by atoms with Crippen LogP contribution in [0.4, 0.5) is 0 Å². The Labute approximate surface area is 293 Å². The zero-order valence-corrected chi connectivity index (χ0v) is 31.8. The summed E-state index contributed by atoms with van der Waals surface area (Å²) in [5.74, 6) is 0. The fraction of sp³-hybridized carbons (Fsp3) is 0.256. The van der Waals surface area contributed by atoms with Crippen LogP contribution in [-0.2, 0) is 32.1 Å². The molecule has 0 fully saturated rings. The SMILES string of the molecule is CC(C)(C)c1ccc2c(c1)-c1cc(C(C)(C)C)ccc1[CH]2[Zr]([C]1=CC=CC1)=[C](c1cccc(Cl)c1)c1cccc(Cl)c1.Cl.Cl. The fourth-order valence-corrected chi connectivity index (χ4v) is 15.8. The van der Waals surface area contributed by atoms with Gasteiger partial charge in [0.25, 0.3) is 0 Å². The Balaban J connectivity index is 0.00000221. The predicted molar refractivity (Wildman–Crippen MR) is 194 cm³/mol. The molecular weight excluding hydrogens is 701 g/mol. The van der Waals surface area contributed by atoms with Crippen molar-refractivity contribution < 1.29 is 21.3 Å². The Morgan fingerprint density at radius 3 is 1.52 bits per heavy atom. The van der Waals surface area contributed by atoms with Gasteiger partial charge in [-0.2, -0.15) is 0 Å². The van der Waals surface area contributed by atoms with Gasteiger partial charge in [-0.15, -0.1) is 24.8 Å². The van der Waals surface area contributed by atoms with Gasteiger partial charge in [-0.25, -0.2) is 0 Å². The maximum Gasteiger partial charge on any atom is -0.147 e. The van der Waals surface area contributed by atoms with Crippen molar-refractivity contribution in [2.24, 2.45) is 0 Å². The molecule has 0 unspecified atom stereocenters. The van der Waals surface area contributed by atoms with Gasteiger partial charge in [0.2, 0.25) is 0 Å². The van der Waals surface area contributed by atoms with Crippen LogP contribution in [-0.4, -0.2) is 3.21 Å². The molecule has 0 radical (unpaired) electrons. The van der Waals surface area contributed by atoms with E-state index in [2.05, 4.69) is 133 Å². The average molecular weight is 742 g/mol. The molecule has 0 aromatic heterocycles. The maximum absolute atomic E-state index is 6.67. The molecule has 4 aromatic carbocycles. The van der Waals surface area contributed by atoms with Gasteiger partial charge in [-0.05, 0) is 0 Å². The minimum absolute atomic E-state index is 0. The van der Waals surface area contributed by atoms with Gasteiger partial charge in [0, 0.05) is 0 Å². The second kappa shape index (κ2) is 13.6. The standard InChI is InChI=1S/C21H25.C13H8Cl2.C5H5.2ClH.Zr/c1-20(2,3)16-9-7-14-11-15-8-10-17(21(4,5)6)13-19(15)18(14)12-16;14-12-5-1-3-10(8-12)7-11-4-2-6-13(15)9-11;1-2-4-5-3-1;;;/h7-13H,1-6H3;1-6,8-9H;1-3H,4H2;2*1H;. The van der Waals surface area contributed by atoms with Crippen LogP contribution in [0.15, 0.2) is 106 Å². The molecule has 0 aliphatic heterocycles. The molecule has 0 atom stereocenters. The summed E-state index contributed by atoms with van der Waals surface area (Å²) in [6, 6.07) is 31.6. The third-order valence-corrected chi connectivity index (χ3v) is 17.4. The Morgan fingerprint density at radius 2 is 1.14 bits per heavy atom. The molecule has 0 bridgehead atoms. The molecule has 0 nitrogen and oxygen atoms in total. The van der Waals surface area contributed by atoms with Crippen molar-refractivity contribution in [1.29, 1.82) is 0 Å². The van der Waals surface area contributed by atoms with Crippen molar-refractivity contribution in [1.82, 2.24) is 0 Å². The molecule has 2 aliphatic carbocycles. The number of rotatable bonds is 4. The summed E-state index contributed by atoms with van der Waals surface area (Å²) in [5, 5.41) is 1.54. The summed E-state index contributed by atoms with van der Waals surface area (Å²) in [4.78, 5) is 0. The first-order chi connectivity index (χ1) is 19.9. The molecule has 5 heteroatoms. The quantitative estimate of drug-likeness (QED) is 0.195. The van der Waals surface area contributed by atoms with Crippen LogP contribution in [0.5, 0.6) is 0 Å². The summed E-state index contributed by atoms with van der Waals surface area (Å²) in [6.07, 6.45) is 8.01. The smallest absolute Gasteiger partial charge is 0.147 e. The van der Waals surface area contributed by atoms with Crippen LogP contribution in [0.2, 0.25) is 10.0 Å². The first kappa shape index (κ1) is 35.1. The van der Waals surface area contributed by atoms with Gasteiger partial charge in [-0.1, -0.05) is 0 Å². The molecule has 0 heterocycles. The molecule has 0 saturated carbocycles. The van der Waals surface area contributed by atoms with E-state index < -0.39 is 21.3 Å². The molecule has 0 amide bonds. The molecular formula is C39H40Cl4Zr. The zero-order chi connectivity index (χ0) is 29.8. The monoisotopic (exact) mass is 738 g/mol. The molecule has 2 aliphatic rings. The van der Waals surface area contributed by atoms with Crippen molar-refractivity contribution in [2.75, 3.05) is 0 Å². The van der Waals surface area contributed by atoms with E-state index in [4.69, 9.17) is 23.2 Å². The van der Waals surface area contributed by atoms with Gasteiger partial charge in [0.1, 0.15) is 0 Å². The minimum Gasteiger partial charge on any atom is -0.147 e. The summed E-state index contributed by atoms with van der Waals surface area (Å²) in [7, 11) is 0. The number of halogens is 4. The number of hydrogen-bond donors (Lipinski definition) is 0. The molecule has 4 aromatic rings. The first-order valence-electron chi connectivity index (χ1n) is 14.8. The Hall–Kier alpha value is -1.73. The number of allylic oxidation sites excluding steroid dienone is 4. The van der Waals surface area contributed by atoms with E-state index in [-0.39, 0.29) is 35.6 Å². The first-order valence-corrected chi connectivity index (χ1v) is 19.5. The third-order valence-electron chi connectivity index (χ3n) is 8.65. The molecule has 44 heavy (non-hydrogen) atoms. The van der Waals surface area contributed by atoms with E-state index in [1.807, 2.05) is 12.1 Å². The minimum atomic E-state index is -2.79. The summed E-state index contributed by atoms with van der Waals surface area (Å²) in [5.41, 5.74) is 11.1. The van der Waals surface area contributed by atoms with Crippen LogP contribution in [0.25, 0.3) is 11.1 Å². The maximum atomic E-state index is 6.67. The zero-order valence-electron chi connectivity index (χ0n) is 26.2. The number of fused-ring (bicyclic) bond motifs is 3. The van der Waals surface area contributed by atoms with E-state index in [0.29, 0.717) is 3.63 Å². The summed E-state index contributed by atoms with van der Waals surface area (Å²) < 4.78 is 3.41.